The van der Waals surface area contributed by atoms with E-state index < -0.39 is 0 Å². The minimum Gasteiger partial charge on any atom is -0.143 e. The smallest absolute Gasteiger partial charge is 0.0205 e. The van der Waals surface area contributed by atoms with Crippen molar-refractivity contribution in [3.8, 4) is 0 Å². The lowest BCUT2D eigenvalue weighted by Crippen LogP contribution is -1.81. The van der Waals surface area contributed by atoms with Gasteiger partial charge in [0.05, 0.1) is 0 Å². The predicted molar refractivity (Wildman–Crippen MR) is 75.0 cm³/mol. The average Bonchev–Trinajstić information content (AvgIpc) is 2.31. The largest absolute Gasteiger partial charge is 0.143 e. The average molecular weight is 244 g/mol. The van der Waals surface area contributed by atoms with Crippen molar-refractivity contribution in [1.82, 2.24) is 0 Å². The van der Waals surface area contributed by atoms with E-state index in [4.69, 9.17) is 0 Å². The van der Waals surface area contributed by atoms with Gasteiger partial charge in [0, 0.05) is 20.3 Å². The van der Waals surface area contributed by atoms with Gasteiger partial charge in [0.2, 0.25) is 0 Å². The number of hydrogen-bond acceptors (Lipinski definition) is 2. The summed E-state index contributed by atoms with van der Waals surface area (Å²) < 4.78 is 0. The van der Waals surface area contributed by atoms with E-state index in [9.17, 15) is 0 Å². The number of thiol groups is 1. The van der Waals surface area contributed by atoms with Crippen LogP contribution >= 0.6 is 24.4 Å². The highest BCUT2D eigenvalue weighted by molar-refractivity contribution is 7.99. The van der Waals surface area contributed by atoms with Crippen LogP contribution in [0.4, 0.5) is 0 Å². The van der Waals surface area contributed by atoms with Crippen molar-refractivity contribution < 1.29 is 0 Å². The van der Waals surface area contributed by atoms with Gasteiger partial charge in [0.15, 0.2) is 0 Å². The van der Waals surface area contributed by atoms with Crippen LogP contribution in [-0.4, -0.2) is 0 Å². The minimum absolute atomic E-state index is 0.805. The van der Waals surface area contributed by atoms with Crippen molar-refractivity contribution in [2.45, 2.75) is 9.79 Å². The molecule has 2 heteroatoms. The second kappa shape index (κ2) is 5.28. The maximum atomic E-state index is 4.32. The van der Waals surface area contributed by atoms with Gasteiger partial charge in [0.1, 0.15) is 0 Å². The first-order chi connectivity index (χ1) is 7.77. The lowest BCUT2D eigenvalue weighted by molar-refractivity contribution is 1.38. The van der Waals surface area contributed by atoms with Gasteiger partial charge >= 0.3 is 0 Å². The van der Waals surface area contributed by atoms with Crippen LogP contribution in [-0.2, 0) is 0 Å². The van der Waals surface area contributed by atoms with Crippen molar-refractivity contribution >= 4 is 29.3 Å². The van der Waals surface area contributed by atoms with Gasteiger partial charge in [0.25, 0.3) is 0 Å². The highest BCUT2D eigenvalue weighted by atomic mass is 32.2. The van der Waals surface area contributed by atoms with Crippen LogP contribution in [0.2, 0.25) is 0 Å². The highest BCUT2D eigenvalue weighted by Gasteiger charge is 2.04. The fourth-order valence-corrected chi connectivity index (χ4v) is 2.68. The monoisotopic (exact) mass is 244 g/mol. The summed E-state index contributed by atoms with van der Waals surface area (Å²) >= 11 is 6.05. The van der Waals surface area contributed by atoms with Crippen LogP contribution in [0.3, 0.4) is 0 Å². The van der Waals surface area contributed by atoms with E-state index in [0.29, 0.717) is 0 Å². The van der Waals surface area contributed by atoms with Gasteiger partial charge in [-0.15, -0.1) is 12.6 Å². The Labute approximate surface area is 106 Å². The molecule has 0 aliphatic carbocycles. The molecular weight excluding hydrogens is 232 g/mol. The molecule has 0 bridgehead atoms. The van der Waals surface area contributed by atoms with E-state index in [1.165, 1.54) is 9.79 Å². The number of benzene rings is 2. The van der Waals surface area contributed by atoms with E-state index in [1.807, 2.05) is 36.4 Å². The molecule has 0 unspecified atom stereocenters. The van der Waals surface area contributed by atoms with Crippen LogP contribution in [0.1, 0.15) is 5.56 Å². The fourth-order valence-electron chi connectivity index (χ4n) is 1.41. The van der Waals surface area contributed by atoms with Crippen molar-refractivity contribution in [2.75, 3.05) is 0 Å². The molecule has 0 N–H and O–H groups in total. The molecule has 2 aromatic carbocycles. The molecule has 0 spiro atoms. The molecule has 0 aliphatic heterocycles. The Morgan fingerprint density at radius 3 is 2.25 bits per heavy atom. The fraction of sp³-hybridized carbons (Fsp3) is 0. The Kier molecular flexibility index (Phi) is 3.75. The normalized spacial score (nSPS) is 10.1. The van der Waals surface area contributed by atoms with Crippen molar-refractivity contribution in [3.05, 3.63) is 66.7 Å². The molecule has 2 aromatic rings. The van der Waals surface area contributed by atoms with E-state index in [-0.39, 0.29) is 0 Å². The Morgan fingerprint density at radius 2 is 1.56 bits per heavy atom. The summed E-state index contributed by atoms with van der Waals surface area (Å²) in [5, 5.41) is 0. The number of rotatable bonds is 3. The first-order valence-corrected chi connectivity index (χ1v) is 6.24. The quantitative estimate of drug-likeness (QED) is 0.761. The topological polar surface area (TPSA) is 0 Å². The summed E-state index contributed by atoms with van der Waals surface area (Å²) in [5.41, 5.74) is 1.10. The Morgan fingerprint density at radius 1 is 0.938 bits per heavy atom. The zero-order valence-corrected chi connectivity index (χ0v) is 10.5. The summed E-state index contributed by atoms with van der Waals surface area (Å²) in [5.74, 6) is 0. The lowest BCUT2D eigenvalue weighted by Gasteiger charge is -2.07. The Hall–Kier alpha value is -1.12. The molecule has 0 aromatic heterocycles. The molecule has 80 valence electrons. The summed E-state index contributed by atoms with van der Waals surface area (Å²) in [6.07, 6.45) is 0. The summed E-state index contributed by atoms with van der Waals surface area (Å²) in [6, 6.07) is 18.5. The maximum Gasteiger partial charge on any atom is 0.0205 e. The van der Waals surface area contributed by atoms with Crippen LogP contribution in [0.15, 0.2) is 71.0 Å². The molecule has 0 fully saturated rings. The predicted octanol–water partition coefficient (Wildman–Crippen LogP) is 4.74. The van der Waals surface area contributed by atoms with E-state index in [2.05, 4.69) is 37.4 Å². The van der Waals surface area contributed by atoms with Gasteiger partial charge in [-0.1, -0.05) is 54.7 Å². The van der Waals surface area contributed by atoms with Gasteiger partial charge in [-0.25, -0.2) is 0 Å². The van der Waals surface area contributed by atoms with Crippen LogP contribution < -0.4 is 0 Å². The molecule has 16 heavy (non-hydrogen) atoms. The molecule has 0 radical (unpaired) electrons. The van der Waals surface area contributed by atoms with Crippen LogP contribution in [0.25, 0.3) is 4.91 Å². The zero-order chi connectivity index (χ0) is 11.4. The third-order valence-electron chi connectivity index (χ3n) is 2.17. The van der Waals surface area contributed by atoms with Crippen molar-refractivity contribution in [1.29, 1.82) is 0 Å². The second-order valence-electron chi connectivity index (χ2n) is 3.36. The molecule has 0 saturated carbocycles. The SMILES string of the molecule is C=C(S)c1ccccc1Sc1ccccc1. The molecule has 0 aliphatic rings. The maximum absolute atomic E-state index is 4.32. The van der Waals surface area contributed by atoms with Crippen molar-refractivity contribution in [2.24, 2.45) is 0 Å². The minimum atomic E-state index is 0.805. The van der Waals surface area contributed by atoms with E-state index in [1.54, 1.807) is 11.8 Å². The Bertz CT molecular complexity index is 489. The lowest BCUT2D eigenvalue weighted by atomic mass is 10.2. The second-order valence-corrected chi connectivity index (χ2v) is 5.01. The first-order valence-electron chi connectivity index (χ1n) is 4.97. The molecule has 0 saturated heterocycles. The molecule has 0 heterocycles. The third kappa shape index (κ3) is 2.71. The van der Waals surface area contributed by atoms with Gasteiger partial charge in [-0.3, -0.25) is 0 Å². The van der Waals surface area contributed by atoms with Gasteiger partial charge in [-0.2, -0.15) is 0 Å². The van der Waals surface area contributed by atoms with E-state index in [0.717, 1.165) is 10.5 Å². The molecular formula is C14H12S2. The third-order valence-corrected chi connectivity index (χ3v) is 3.49. The van der Waals surface area contributed by atoms with Crippen LogP contribution in [0, 0.1) is 0 Å². The zero-order valence-electron chi connectivity index (χ0n) is 8.76. The van der Waals surface area contributed by atoms with Crippen LogP contribution in [0.5, 0.6) is 0 Å². The number of hydrogen-bond donors (Lipinski definition) is 1. The molecule has 0 atom stereocenters. The van der Waals surface area contributed by atoms with Gasteiger partial charge < -0.3 is 0 Å². The highest BCUT2D eigenvalue weighted by Crippen LogP contribution is 2.33. The van der Waals surface area contributed by atoms with Gasteiger partial charge in [-0.05, 0) is 18.2 Å². The Balaban J connectivity index is 2.31. The molecule has 0 amide bonds. The van der Waals surface area contributed by atoms with Crippen molar-refractivity contribution in [3.63, 3.8) is 0 Å². The first kappa shape index (κ1) is 11.4. The summed E-state index contributed by atoms with van der Waals surface area (Å²) in [6.45, 7) is 3.88. The summed E-state index contributed by atoms with van der Waals surface area (Å²) in [4.78, 5) is 3.22. The summed E-state index contributed by atoms with van der Waals surface area (Å²) in [7, 11) is 0. The standard InChI is InChI=1S/C14H12S2/c1-11(15)13-9-5-6-10-14(13)16-12-7-3-2-4-8-12/h2-10,15H,1H2. The van der Waals surface area contributed by atoms with E-state index >= 15 is 0 Å². The molecule has 0 nitrogen and oxygen atoms in total. The molecule has 2 rings (SSSR count).